The van der Waals surface area contributed by atoms with E-state index >= 15 is 0 Å². The Balaban J connectivity index is 1.64. The van der Waals surface area contributed by atoms with Gasteiger partial charge in [-0.2, -0.15) is 0 Å². The van der Waals surface area contributed by atoms with E-state index < -0.39 is 0 Å². The molecule has 2 aliphatic rings. The number of halogens is 2. The maximum absolute atomic E-state index is 6.23. The lowest BCUT2D eigenvalue weighted by atomic mass is 9.68. The van der Waals surface area contributed by atoms with Gasteiger partial charge >= 0.3 is 0 Å². The second kappa shape index (κ2) is 9.21. The first kappa shape index (κ1) is 22.8. The fourth-order valence-electron chi connectivity index (χ4n) is 5.73. The van der Waals surface area contributed by atoms with Crippen molar-refractivity contribution < 1.29 is 4.74 Å². The van der Waals surface area contributed by atoms with E-state index in [0.29, 0.717) is 23.0 Å². The summed E-state index contributed by atoms with van der Waals surface area (Å²) in [6.45, 7) is 5.60. The molecule has 0 amide bonds. The standard InChI is InChI=1S/C26H34Cl2N2O/c1-5-30(24-13-10-21(28)16-25(24)31-4)23-14-15-26(17-18(23)2,29(3)22-11-12-22)19-6-8-20(27)9-7-19/h6-10,13,16,18,22-23H,5,11-12,14-15,17H2,1-4H3. The van der Waals surface area contributed by atoms with Gasteiger partial charge in [0.1, 0.15) is 5.75 Å². The normalized spacial score (nSPS) is 26.2. The molecule has 168 valence electrons. The van der Waals surface area contributed by atoms with E-state index in [2.05, 4.69) is 48.9 Å². The minimum atomic E-state index is 0.0746. The second-order valence-corrected chi connectivity index (χ2v) is 10.1. The van der Waals surface area contributed by atoms with Gasteiger partial charge in [0.25, 0.3) is 0 Å². The summed E-state index contributed by atoms with van der Waals surface area (Å²) in [5.74, 6) is 1.39. The number of rotatable bonds is 7. The Kier molecular flexibility index (Phi) is 6.76. The molecule has 3 atom stereocenters. The molecule has 0 saturated heterocycles. The van der Waals surface area contributed by atoms with Gasteiger partial charge in [0.2, 0.25) is 0 Å². The van der Waals surface area contributed by atoms with E-state index in [-0.39, 0.29) is 5.54 Å². The summed E-state index contributed by atoms with van der Waals surface area (Å²) in [6, 6.07) is 15.8. The van der Waals surface area contributed by atoms with Gasteiger partial charge in [0, 0.05) is 40.3 Å². The van der Waals surface area contributed by atoms with E-state index in [1.165, 1.54) is 18.4 Å². The number of methoxy groups -OCH3 is 1. The Labute approximate surface area is 197 Å². The second-order valence-electron chi connectivity index (χ2n) is 9.27. The molecule has 0 radical (unpaired) electrons. The van der Waals surface area contributed by atoms with E-state index in [9.17, 15) is 0 Å². The number of hydrogen-bond acceptors (Lipinski definition) is 3. The molecule has 0 N–H and O–H groups in total. The molecule has 4 rings (SSSR count). The molecule has 3 nitrogen and oxygen atoms in total. The number of nitrogens with zero attached hydrogens (tertiary/aromatic N) is 2. The number of benzene rings is 2. The van der Waals surface area contributed by atoms with Gasteiger partial charge in [-0.15, -0.1) is 0 Å². The third kappa shape index (κ3) is 4.42. The van der Waals surface area contributed by atoms with Gasteiger partial charge < -0.3 is 9.64 Å². The van der Waals surface area contributed by atoms with Crippen molar-refractivity contribution in [2.24, 2.45) is 5.92 Å². The zero-order chi connectivity index (χ0) is 22.2. The molecule has 2 saturated carbocycles. The minimum Gasteiger partial charge on any atom is -0.495 e. The van der Waals surface area contributed by atoms with Crippen LogP contribution in [0.2, 0.25) is 10.0 Å². The van der Waals surface area contributed by atoms with Gasteiger partial charge in [-0.1, -0.05) is 42.3 Å². The largest absolute Gasteiger partial charge is 0.495 e. The predicted octanol–water partition coefficient (Wildman–Crippen LogP) is 7.01. The average molecular weight is 461 g/mol. The van der Waals surface area contributed by atoms with Crippen LogP contribution in [-0.2, 0) is 5.54 Å². The van der Waals surface area contributed by atoms with E-state index in [1.54, 1.807) is 7.11 Å². The molecule has 31 heavy (non-hydrogen) atoms. The molecule has 0 aliphatic heterocycles. The summed E-state index contributed by atoms with van der Waals surface area (Å²) in [6.07, 6.45) is 6.04. The average Bonchev–Trinajstić information content (AvgIpc) is 3.61. The van der Waals surface area contributed by atoms with E-state index in [4.69, 9.17) is 27.9 Å². The van der Waals surface area contributed by atoms with Gasteiger partial charge in [-0.05, 0) is 81.8 Å². The number of hydrogen-bond donors (Lipinski definition) is 0. The van der Waals surface area contributed by atoms with Crippen molar-refractivity contribution in [1.82, 2.24) is 4.90 Å². The van der Waals surface area contributed by atoms with Crippen LogP contribution in [0.4, 0.5) is 5.69 Å². The van der Waals surface area contributed by atoms with Crippen LogP contribution in [0.5, 0.6) is 5.75 Å². The van der Waals surface area contributed by atoms with Crippen molar-refractivity contribution in [1.29, 1.82) is 0 Å². The monoisotopic (exact) mass is 460 g/mol. The summed E-state index contributed by atoms with van der Waals surface area (Å²) in [5.41, 5.74) is 2.62. The molecule has 2 aliphatic carbocycles. The maximum atomic E-state index is 6.23. The van der Waals surface area contributed by atoms with Crippen molar-refractivity contribution in [3.05, 3.63) is 58.1 Å². The summed E-state index contributed by atoms with van der Waals surface area (Å²) >= 11 is 12.5. The number of anilines is 1. The Hall–Kier alpha value is -1.42. The van der Waals surface area contributed by atoms with Crippen molar-refractivity contribution in [3.63, 3.8) is 0 Å². The molecular formula is C26H34Cl2N2O. The van der Waals surface area contributed by atoms with Crippen LogP contribution in [-0.4, -0.2) is 37.7 Å². The van der Waals surface area contributed by atoms with Crippen LogP contribution in [0.25, 0.3) is 0 Å². The quantitative estimate of drug-likeness (QED) is 0.441. The van der Waals surface area contributed by atoms with E-state index in [0.717, 1.165) is 42.3 Å². The van der Waals surface area contributed by atoms with Crippen LogP contribution < -0.4 is 9.64 Å². The lowest BCUT2D eigenvalue weighted by molar-refractivity contribution is 0.0354. The topological polar surface area (TPSA) is 15.7 Å². The first-order valence-electron chi connectivity index (χ1n) is 11.5. The Morgan fingerprint density at radius 1 is 1.03 bits per heavy atom. The molecule has 2 fully saturated rings. The summed E-state index contributed by atoms with van der Waals surface area (Å²) < 4.78 is 5.69. The zero-order valence-corrected chi connectivity index (χ0v) is 20.6. The fraction of sp³-hybridized carbons (Fsp3) is 0.538. The molecule has 0 spiro atoms. The van der Waals surface area contributed by atoms with Crippen LogP contribution >= 0.6 is 23.2 Å². The smallest absolute Gasteiger partial charge is 0.143 e. The first-order valence-corrected chi connectivity index (χ1v) is 12.2. The molecule has 5 heteroatoms. The third-order valence-electron chi connectivity index (χ3n) is 7.51. The Morgan fingerprint density at radius 3 is 2.29 bits per heavy atom. The minimum absolute atomic E-state index is 0.0746. The Morgan fingerprint density at radius 2 is 1.71 bits per heavy atom. The molecule has 2 aromatic rings. The molecule has 0 heterocycles. The SMILES string of the molecule is CCN(c1ccc(Cl)cc1OC)C1CCC(c2ccc(Cl)cc2)(N(C)C2CC2)CC1C. The molecular weight excluding hydrogens is 427 g/mol. The molecule has 0 aromatic heterocycles. The van der Waals surface area contributed by atoms with Crippen molar-refractivity contribution in [3.8, 4) is 5.75 Å². The highest BCUT2D eigenvalue weighted by Gasteiger charge is 2.48. The van der Waals surface area contributed by atoms with Gasteiger partial charge in [-0.3, -0.25) is 4.90 Å². The summed E-state index contributed by atoms with van der Waals surface area (Å²) in [4.78, 5) is 5.19. The highest BCUT2D eigenvalue weighted by Crippen LogP contribution is 2.50. The highest BCUT2D eigenvalue weighted by atomic mass is 35.5. The van der Waals surface area contributed by atoms with Crippen LogP contribution in [0.3, 0.4) is 0 Å². The van der Waals surface area contributed by atoms with Crippen molar-refractivity contribution in [2.45, 2.75) is 63.6 Å². The van der Waals surface area contributed by atoms with Crippen LogP contribution in [0.1, 0.15) is 51.5 Å². The Bertz CT molecular complexity index is 899. The van der Waals surface area contributed by atoms with Gasteiger partial charge in [0.05, 0.1) is 12.8 Å². The lowest BCUT2D eigenvalue weighted by Gasteiger charge is -2.52. The van der Waals surface area contributed by atoms with Crippen LogP contribution in [0.15, 0.2) is 42.5 Å². The molecule has 3 unspecified atom stereocenters. The zero-order valence-electron chi connectivity index (χ0n) is 19.1. The van der Waals surface area contributed by atoms with Gasteiger partial charge in [0.15, 0.2) is 0 Å². The maximum Gasteiger partial charge on any atom is 0.143 e. The number of ether oxygens (including phenoxy) is 1. The highest BCUT2D eigenvalue weighted by molar-refractivity contribution is 6.31. The lowest BCUT2D eigenvalue weighted by Crippen LogP contribution is -2.54. The van der Waals surface area contributed by atoms with Crippen molar-refractivity contribution in [2.75, 3.05) is 25.6 Å². The van der Waals surface area contributed by atoms with Gasteiger partial charge in [-0.25, -0.2) is 0 Å². The third-order valence-corrected chi connectivity index (χ3v) is 8.00. The molecule has 0 bridgehead atoms. The predicted molar refractivity (Wildman–Crippen MR) is 132 cm³/mol. The fourth-order valence-corrected chi connectivity index (χ4v) is 6.02. The van der Waals surface area contributed by atoms with E-state index in [1.807, 2.05) is 24.3 Å². The summed E-state index contributed by atoms with van der Waals surface area (Å²) in [5, 5.41) is 1.52. The van der Waals surface area contributed by atoms with Crippen molar-refractivity contribution >= 4 is 28.9 Å². The first-order chi connectivity index (χ1) is 14.9. The van der Waals surface area contributed by atoms with Crippen LogP contribution in [0, 0.1) is 5.92 Å². The molecule has 2 aromatic carbocycles. The summed E-state index contributed by atoms with van der Waals surface area (Å²) in [7, 11) is 4.06.